The number of amides is 1. The first-order valence-electron chi connectivity index (χ1n) is 8.91. The summed E-state index contributed by atoms with van der Waals surface area (Å²) in [4.78, 5) is 20.8. The molecular formula is C21H19N5O2. The van der Waals surface area contributed by atoms with Crippen LogP contribution in [0.1, 0.15) is 11.1 Å². The second-order valence-corrected chi connectivity index (χ2v) is 6.49. The van der Waals surface area contributed by atoms with Crippen molar-refractivity contribution in [2.75, 3.05) is 0 Å². The van der Waals surface area contributed by atoms with Crippen LogP contribution in [0.3, 0.4) is 0 Å². The molecule has 0 saturated heterocycles. The Morgan fingerprint density at radius 2 is 2.00 bits per heavy atom. The van der Waals surface area contributed by atoms with Crippen molar-refractivity contribution in [2.45, 2.75) is 20.0 Å². The Hall–Kier alpha value is -3.74. The molecule has 2 heterocycles. The molecule has 140 valence electrons. The number of aromatic nitrogens is 4. The molecular weight excluding hydrogens is 354 g/mol. The summed E-state index contributed by atoms with van der Waals surface area (Å²) in [7, 11) is 0. The van der Waals surface area contributed by atoms with Gasteiger partial charge in [0.05, 0.1) is 6.33 Å². The smallest absolute Gasteiger partial charge is 0.258 e. The highest BCUT2D eigenvalue weighted by atomic mass is 16.5. The van der Waals surface area contributed by atoms with E-state index in [0.29, 0.717) is 24.0 Å². The molecule has 28 heavy (non-hydrogen) atoms. The Kier molecular flexibility index (Phi) is 4.97. The van der Waals surface area contributed by atoms with Crippen molar-refractivity contribution in [1.29, 1.82) is 0 Å². The molecule has 7 nitrogen and oxygen atoms in total. The topological polar surface area (TPSA) is 85.8 Å². The largest absolute Gasteiger partial charge is 0.350 e. The van der Waals surface area contributed by atoms with Crippen LogP contribution in [0.25, 0.3) is 23.0 Å². The number of aryl methyl sites for hydroxylation is 1. The minimum atomic E-state index is -0.0939. The Morgan fingerprint density at radius 3 is 2.82 bits per heavy atom. The maximum absolute atomic E-state index is 12.2. The highest BCUT2D eigenvalue weighted by molar-refractivity contribution is 5.75. The maximum atomic E-state index is 12.2. The van der Waals surface area contributed by atoms with Crippen LogP contribution in [-0.2, 0) is 17.9 Å². The molecule has 0 radical (unpaired) electrons. The van der Waals surface area contributed by atoms with E-state index in [1.54, 1.807) is 17.1 Å². The average molecular weight is 373 g/mol. The van der Waals surface area contributed by atoms with E-state index in [4.69, 9.17) is 4.52 Å². The monoisotopic (exact) mass is 373 g/mol. The summed E-state index contributed by atoms with van der Waals surface area (Å²) >= 11 is 0. The van der Waals surface area contributed by atoms with Crippen molar-refractivity contribution in [3.05, 3.63) is 78.2 Å². The van der Waals surface area contributed by atoms with Gasteiger partial charge in [0.15, 0.2) is 0 Å². The summed E-state index contributed by atoms with van der Waals surface area (Å²) < 4.78 is 7.00. The van der Waals surface area contributed by atoms with Crippen molar-refractivity contribution in [1.82, 2.24) is 25.0 Å². The predicted molar refractivity (Wildman–Crippen MR) is 104 cm³/mol. The first-order valence-corrected chi connectivity index (χ1v) is 8.91. The maximum Gasteiger partial charge on any atom is 0.258 e. The summed E-state index contributed by atoms with van der Waals surface area (Å²) in [5, 5.41) is 6.89. The van der Waals surface area contributed by atoms with Crippen LogP contribution < -0.4 is 5.32 Å². The molecule has 4 aromatic rings. The third kappa shape index (κ3) is 4.15. The van der Waals surface area contributed by atoms with Crippen LogP contribution in [0.2, 0.25) is 0 Å². The number of nitrogens with zero attached hydrogens (tertiary/aromatic N) is 4. The van der Waals surface area contributed by atoms with E-state index in [1.807, 2.05) is 55.5 Å². The van der Waals surface area contributed by atoms with Crippen LogP contribution in [0.5, 0.6) is 0 Å². The molecule has 0 aliphatic rings. The molecule has 0 atom stereocenters. The molecule has 2 aromatic heterocycles. The number of benzene rings is 2. The van der Waals surface area contributed by atoms with E-state index in [9.17, 15) is 4.79 Å². The zero-order chi connectivity index (χ0) is 19.3. The normalized spacial score (nSPS) is 10.8. The summed E-state index contributed by atoms with van der Waals surface area (Å²) in [6.45, 7) is 2.69. The second kappa shape index (κ2) is 7.87. The number of hydrogen-bond donors (Lipinski definition) is 1. The lowest BCUT2D eigenvalue weighted by atomic mass is 10.1. The van der Waals surface area contributed by atoms with Gasteiger partial charge in [0.25, 0.3) is 5.89 Å². The van der Waals surface area contributed by atoms with Crippen LogP contribution in [0.4, 0.5) is 0 Å². The van der Waals surface area contributed by atoms with Gasteiger partial charge in [0, 0.05) is 18.3 Å². The van der Waals surface area contributed by atoms with Crippen molar-refractivity contribution in [2.24, 2.45) is 0 Å². The van der Waals surface area contributed by atoms with Gasteiger partial charge in [-0.15, -0.1) is 0 Å². The molecule has 4 rings (SSSR count). The number of carbonyl (C=O) groups is 1. The quantitative estimate of drug-likeness (QED) is 0.561. The number of rotatable bonds is 6. The van der Waals surface area contributed by atoms with Gasteiger partial charge in [-0.3, -0.25) is 4.79 Å². The van der Waals surface area contributed by atoms with Crippen LogP contribution >= 0.6 is 0 Å². The van der Waals surface area contributed by atoms with Crippen molar-refractivity contribution < 1.29 is 9.32 Å². The van der Waals surface area contributed by atoms with Gasteiger partial charge in [-0.1, -0.05) is 53.2 Å². The van der Waals surface area contributed by atoms with Crippen molar-refractivity contribution in [3.8, 4) is 23.0 Å². The van der Waals surface area contributed by atoms with Gasteiger partial charge in [0.2, 0.25) is 11.7 Å². The lowest BCUT2D eigenvalue weighted by molar-refractivity contribution is -0.121. The second-order valence-electron chi connectivity index (χ2n) is 6.49. The first-order chi connectivity index (χ1) is 13.7. The number of hydrogen-bond acceptors (Lipinski definition) is 5. The van der Waals surface area contributed by atoms with Crippen LogP contribution in [0, 0.1) is 6.92 Å². The SMILES string of the molecule is Cc1cccc(CNC(=O)Cn2cnc(-c3noc(-c4ccccc4)n3)c2)c1. The summed E-state index contributed by atoms with van der Waals surface area (Å²) in [6, 6.07) is 17.6. The molecule has 0 spiro atoms. The van der Waals surface area contributed by atoms with Crippen LogP contribution in [0.15, 0.2) is 71.6 Å². The fraction of sp³-hybridized carbons (Fsp3) is 0.143. The summed E-state index contributed by atoms with van der Waals surface area (Å²) in [5.41, 5.74) is 3.63. The highest BCUT2D eigenvalue weighted by Gasteiger charge is 2.13. The number of imidazole rings is 1. The summed E-state index contributed by atoms with van der Waals surface area (Å²) in [6.07, 6.45) is 3.31. The molecule has 1 N–H and O–H groups in total. The van der Waals surface area contributed by atoms with E-state index in [-0.39, 0.29) is 12.5 Å². The average Bonchev–Trinajstić information content (AvgIpc) is 3.37. The van der Waals surface area contributed by atoms with Gasteiger partial charge in [-0.05, 0) is 24.6 Å². The van der Waals surface area contributed by atoms with Gasteiger partial charge in [-0.25, -0.2) is 4.98 Å². The molecule has 2 aromatic carbocycles. The van der Waals surface area contributed by atoms with E-state index in [0.717, 1.165) is 11.1 Å². The molecule has 0 bridgehead atoms. The van der Waals surface area contributed by atoms with E-state index in [1.165, 1.54) is 5.56 Å². The lowest BCUT2D eigenvalue weighted by Gasteiger charge is -2.06. The minimum Gasteiger partial charge on any atom is -0.350 e. The fourth-order valence-corrected chi connectivity index (χ4v) is 2.83. The van der Waals surface area contributed by atoms with Gasteiger partial charge in [-0.2, -0.15) is 4.98 Å². The molecule has 1 amide bonds. The third-order valence-corrected chi connectivity index (χ3v) is 4.21. The minimum absolute atomic E-state index is 0.0939. The molecule has 0 fully saturated rings. The van der Waals surface area contributed by atoms with E-state index >= 15 is 0 Å². The molecule has 0 unspecified atom stereocenters. The van der Waals surface area contributed by atoms with Crippen LogP contribution in [-0.4, -0.2) is 25.6 Å². The Bertz CT molecular complexity index is 1080. The molecule has 0 aliphatic carbocycles. The third-order valence-electron chi connectivity index (χ3n) is 4.21. The fourth-order valence-electron chi connectivity index (χ4n) is 2.83. The number of carbonyl (C=O) groups excluding carboxylic acids is 1. The predicted octanol–water partition coefficient (Wildman–Crippen LogP) is 3.22. The van der Waals surface area contributed by atoms with Gasteiger partial charge < -0.3 is 14.4 Å². The standard InChI is InChI=1S/C21H19N5O2/c1-15-6-5-7-16(10-15)11-22-19(27)13-26-12-18(23-14-26)20-24-21(28-25-20)17-8-3-2-4-9-17/h2-10,12,14H,11,13H2,1H3,(H,22,27). The molecule has 7 heteroatoms. The zero-order valence-corrected chi connectivity index (χ0v) is 15.4. The van der Waals surface area contributed by atoms with Crippen molar-refractivity contribution >= 4 is 5.91 Å². The first kappa shape index (κ1) is 17.7. The van der Waals surface area contributed by atoms with Gasteiger partial charge in [0.1, 0.15) is 12.2 Å². The Morgan fingerprint density at radius 1 is 1.14 bits per heavy atom. The Balaban J connectivity index is 1.38. The number of nitrogens with one attached hydrogen (secondary N) is 1. The lowest BCUT2D eigenvalue weighted by Crippen LogP contribution is -2.26. The highest BCUT2D eigenvalue weighted by Crippen LogP contribution is 2.20. The van der Waals surface area contributed by atoms with E-state index < -0.39 is 0 Å². The van der Waals surface area contributed by atoms with Gasteiger partial charge >= 0.3 is 0 Å². The molecule has 0 aliphatic heterocycles. The molecule has 0 saturated carbocycles. The van der Waals surface area contributed by atoms with E-state index in [2.05, 4.69) is 26.5 Å². The zero-order valence-electron chi connectivity index (χ0n) is 15.4. The van der Waals surface area contributed by atoms with Crippen molar-refractivity contribution in [3.63, 3.8) is 0 Å². The summed E-state index contributed by atoms with van der Waals surface area (Å²) in [5.74, 6) is 0.724. The Labute approximate surface area is 162 Å².